The topological polar surface area (TPSA) is 75.9 Å². The molecule has 3 aromatic carbocycles. The average molecular weight is 538 g/mol. The first-order chi connectivity index (χ1) is 18.5. The number of benzene rings is 3. The van der Waals surface area contributed by atoms with Crippen molar-refractivity contribution in [1.29, 1.82) is 0 Å². The molecule has 206 valence electrons. The number of hydrogen-bond acceptors (Lipinski definition) is 5. The zero-order chi connectivity index (χ0) is 28.2. The number of nitrogens with zero attached hydrogens (tertiary/aromatic N) is 3. The lowest BCUT2D eigenvalue weighted by Crippen LogP contribution is -2.50. The van der Waals surface area contributed by atoms with E-state index < -0.39 is 29.6 Å². The van der Waals surface area contributed by atoms with E-state index in [2.05, 4.69) is 0 Å². The summed E-state index contributed by atoms with van der Waals surface area (Å²) in [5, 5.41) is 12.4. The van der Waals surface area contributed by atoms with Gasteiger partial charge >= 0.3 is 6.09 Å². The summed E-state index contributed by atoms with van der Waals surface area (Å²) in [5.74, 6) is -0.855. The van der Waals surface area contributed by atoms with E-state index in [1.807, 2.05) is 35.2 Å². The van der Waals surface area contributed by atoms with Gasteiger partial charge in [0.15, 0.2) is 0 Å². The Labute approximate surface area is 227 Å². The van der Waals surface area contributed by atoms with Crippen LogP contribution >= 0.6 is 0 Å². The molecule has 3 aromatic rings. The summed E-state index contributed by atoms with van der Waals surface area (Å²) in [7, 11) is 0. The zero-order valence-corrected chi connectivity index (χ0v) is 22.3. The summed E-state index contributed by atoms with van der Waals surface area (Å²) in [6.07, 6.45) is -0.204. The van der Waals surface area contributed by atoms with Crippen molar-refractivity contribution in [2.24, 2.45) is 0 Å². The van der Waals surface area contributed by atoms with Crippen LogP contribution in [0.15, 0.2) is 72.8 Å². The number of nitro groups is 1. The molecule has 2 unspecified atom stereocenters. The van der Waals surface area contributed by atoms with Crippen LogP contribution in [0.25, 0.3) is 0 Å². The number of amides is 1. The number of halogens is 2. The summed E-state index contributed by atoms with van der Waals surface area (Å²) in [5.41, 5.74) is 1.98. The molecule has 39 heavy (non-hydrogen) atoms. The molecule has 0 aliphatic carbocycles. The van der Waals surface area contributed by atoms with Crippen LogP contribution in [0.5, 0.6) is 0 Å². The van der Waals surface area contributed by atoms with Gasteiger partial charge in [0.05, 0.1) is 6.04 Å². The highest BCUT2D eigenvalue weighted by Gasteiger charge is 2.43. The molecular weight excluding hydrogens is 504 g/mol. The summed E-state index contributed by atoms with van der Waals surface area (Å²) in [6, 6.07) is 17.7. The summed E-state index contributed by atoms with van der Waals surface area (Å²) in [4.78, 5) is 28.7. The third-order valence-corrected chi connectivity index (χ3v) is 6.74. The zero-order valence-electron chi connectivity index (χ0n) is 22.3. The Kier molecular flexibility index (Phi) is 8.60. The molecule has 0 aromatic heterocycles. The first-order valence-electron chi connectivity index (χ1n) is 12.9. The van der Waals surface area contributed by atoms with E-state index in [9.17, 15) is 23.7 Å². The number of fused-ring (bicyclic) bond motifs is 1. The Morgan fingerprint density at radius 1 is 1.03 bits per heavy atom. The van der Waals surface area contributed by atoms with E-state index in [1.54, 1.807) is 37.8 Å². The molecule has 1 amide bonds. The molecule has 1 aliphatic rings. The van der Waals surface area contributed by atoms with Crippen molar-refractivity contribution >= 4 is 6.09 Å². The van der Waals surface area contributed by atoms with E-state index in [1.165, 1.54) is 30.3 Å². The number of hydrogen-bond donors (Lipinski definition) is 0. The van der Waals surface area contributed by atoms with E-state index in [0.29, 0.717) is 17.7 Å². The molecule has 1 heterocycles. The van der Waals surface area contributed by atoms with Gasteiger partial charge in [0.1, 0.15) is 17.2 Å². The maximum Gasteiger partial charge on any atom is 0.410 e. The highest BCUT2D eigenvalue weighted by Crippen LogP contribution is 2.36. The quantitative estimate of drug-likeness (QED) is 0.255. The SMILES string of the molecule is CC(C)(C)OC(=O)N(CCN1Cc2cc(F)ccc2C([N+](=O)[O-])C1Cc1ccc(F)cc1)Cc1ccccc1. The van der Waals surface area contributed by atoms with Crippen molar-refractivity contribution in [2.45, 2.75) is 58.0 Å². The molecule has 0 bridgehead atoms. The van der Waals surface area contributed by atoms with Crippen LogP contribution < -0.4 is 0 Å². The second-order valence-electron chi connectivity index (χ2n) is 10.8. The smallest absolute Gasteiger partial charge is 0.410 e. The molecule has 7 nitrogen and oxygen atoms in total. The van der Waals surface area contributed by atoms with Gasteiger partial charge in [-0.05, 0) is 74.2 Å². The van der Waals surface area contributed by atoms with Crippen molar-refractivity contribution in [3.63, 3.8) is 0 Å². The van der Waals surface area contributed by atoms with E-state index in [0.717, 1.165) is 11.1 Å². The Morgan fingerprint density at radius 2 is 1.69 bits per heavy atom. The maximum absolute atomic E-state index is 14.2. The fourth-order valence-corrected chi connectivity index (χ4v) is 4.96. The fraction of sp³-hybridized carbons (Fsp3) is 0.367. The predicted molar refractivity (Wildman–Crippen MR) is 144 cm³/mol. The molecule has 0 fully saturated rings. The first-order valence-corrected chi connectivity index (χ1v) is 12.9. The van der Waals surface area contributed by atoms with Gasteiger partial charge in [-0.1, -0.05) is 42.5 Å². The lowest BCUT2D eigenvalue weighted by Gasteiger charge is -2.39. The van der Waals surface area contributed by atoms with E-state index in [-0.39, 0.29) is 36.8 Å². The predicted octanol–water partition coefficient (Wildman–Crippen LogP) is 6.15. The van der Waals surface area contributed by atoms with Crippen LogP contribution in [-0.4, -0.2) is 45.5 Å². The highest BCUT2D eigenvalue weighted by atomic mass is 19.1. The molecule has 0 N–H and O–H groups in total. The van der Waals surface area contributed by atoms with Crippen LogP contribution in [0.2, 0.25) is 0 Å². The number of carbonyl (C=O) groups excluding carboxylic acids is 1. The number of ether oxygens (including phenoxy) is 1. The highest BCUT2D eigenvalue weighted by molar-refractivity contribution is 5.68. The Hall–Kier alpha value is -3.85. The normalized spacial score (nSPS) is 17.4. The van der Waals surface area contributed by atoms with Crippen LogP contribution in [-0.2, 0) is 24.2 Å². The van der Waals surface area contributed by atoms with Gasteiger partial charge in [0.2, 0.25) is 0 Å². The third kappa shape index (κ3) is 7.38. The molecule has 2 atom stereocenters. The van der Waals surface area contributed by atoms with E-state index in [4.69, 9.17) is 4.74 Å². The molecule has 0 saturated carbocycles. The molecule has 0 saturated heterocycles. The van der Waals surface area contributed by atoms with Gasteiger partial charge in [-0.3, -0.25) is 15.0 Å². The molecular formula is C30H33F2N3O4. The van der Waals surface area contributed by atoms with E-state index >= 15 is 0 Å². The average Bonchev–Trinajstić information content (AvgIpc) is 2.87. The van der Waals surface area contributed by atoms with Gasteiger partial charge < -0.3 is 9.64 Å². The summed E-state index contributed by atoms with van der Waals surface area (Å²) < 4.78 is 33.4. The minimum atomic E-state index is -1.12. The number of rotatable bonds is 8. The first kappa shape index (κ1) is 28.2. The fourth-order valence-electron chi connectivity index (χ4n) is 4.96. The van der Waals surface area contributed by atoms with Gasteiger partial charge in [0, 0.05) is 36.7 Å². The van der Waals surface area contributed by atoms with Crippen molar-refractivity contribution in [1.82, 2.24) is 9.80 Å². The molecule has 0 radical (unpaired) electrons. The largest absolute Gasteiger partial charge is 0.444 e. The van der Waals surface area contributed by atoms with Crippen LogP contribution in [0, 0.1) is 21.7 Å². The van der Waals surface area contributed by atoms with Crippen molar-refractivity contribution in [2.75, 3.05) is 13.1 Å². The Bertz CT molecular complexity index is 1300. The maximum atomic E-state index is 14.2. The minimum Gasteiger partial charge on any atom is -0.444 e. The lowest BCUT2D eigenvalue weighted by atomic mass is 9.86. The molecule has 4 rings (SSSR count). The monoisotopic (exact) mass is 537 g/mol. The second kappa shape index (κ2) is 11.9. The van der Waals surface area contributed by atoms with Gasteiger partial charge in [-0.15, -0.1) is 0 Å². The van der Waals surface area contributed by atoms with Crippen molar-refractivity contribution in [3.05, 3.63) is 117 Å². The minimum absolute atomic E-state index is 0.235. The van der Waals surface area contributed by atoms with Crippen LogP contribution in [0.3, 0.4) is 0 Å². The molecule has 0 spiro atoms. The van der Waals surface area contributed by atoms with Gasteiger partial charge in [-0.25, -0.2) is 13.6 Å². The Morgan fingerprint density at radius 3 is 2.33 bits per heavy atom. The van der Waals surface area contributed by atoms with Crippen LogP contribution in [0.1, 0.15) is 49.1 Å². The van der Waals surface area contributed by atoms with Crippen LogP contribution in [0.4, 0.5) is 13.6 Å². The lowest BCUT2D eigenvalue weighted by molar-refractivity contribution is -0.539. The summed E-state index contributed by atoms with van der Waals surface area (Å²) >= 11 is 0. The molecule has 9 heteroatoms. The Balaban J connectivity index is 1.64. The summed E-state index contributed by atoms with van der Waals surface area (Å²) in [6.45, 7) is 6.48. The number of carbonyl (C=O) groups is 1. The third-order valence-electron chi connectivity index (χ3n) is 6.74. The molecule has 1 aliphatic heterocycles. The van der Waals surface area contributed by atoms with Gasteiger partial charge in [-0.2, -0.15) is 0 Å². The standard InChI is InChI=1S/C30H33F2N3O4/c1-30(2,3)39-29(36)34(19-22-7-5-4-6-8-22)16-15-33-20-23-18-25(32)13-14-26(23)28(35(37)38)27(33)17-21-9-11-24(31)12-10-21/h4-14,18,27-28H,15-17,19-20H2,1-3H3. The second-order valence-corrected chi connectivity index (χ2v) is 10.8. The van der Waals surface area contributed by atoms with Crippen molar-refractivity contribution < 1.29 is 23.2 Å². The van der Waals surface area contributed by atoms with Gasteiger partial charge in [0.25, 0.3) is 6.04 Å². The van der Waals surface area contributed by atoms with Crippen molar-refractivity contribution in [3.8, 4) is 0 Å².